The van der Waals surface area contributed by atoms with Crippen molar-refractivity contribution in [3.05, 3.63) is 28.8 Å². The Balaban J connectivity index is 2.67. The highest BCUT2D eigenvalue weighted by Gasteiger charge is 2.10. The summed E-state index contributed by atoms with van der Waals surface area (Å²) in [5, 5.41) is 0. The van der Waals surface area contributed by atoms with Crippen LogP contribution in [-0.4, -0.2) is 12.6 Å². The van der Waals surface area contributed by atoms with E-state index in [2.05, 4.69) is 39.8 Å². The van der Waals surface area contributed by atoms with Gasteiger partial charge in [-0.15, -0.1) is 0 Å². The molecule has 0 unspecified atom stereocenters. The van der Waals surface area contributed by atoms with Gasteiger partial charge in [0.15, 0.2) is 0 Å². The summed E-state index contributed by atoms with van der Waals surface area (Å²) in [5.74, 6) is 1.01. The van der Waals surface area contributed by atoms with Gasteiger partial charge in [0.2, 0.25) is 0 Å². The van der Waals surface area contributed by atoms with Gasteiger partial charge in [-0.1, -0.05) is 12.1 Å². The molecule has 1 rings (SSSR count). The molecule has 0 atom stereocenters. The summed E-state index contributed by atoms with van der Waals surface area (Å²) < 4.78 is 5.37. The third-order valence-corrected chi connectivity index (χ3v) is 3.01. The fourth-order valence-corrected chi connectivity index (χ4v) is 2.25. The lowest BCUT2D eigenvalue weighted by Gasteiger charge is -2.18. The van der Waals surface area contributed by atoms with E-state index in [-0.39, 0.29) is 5.54 Å². The molecule has 2 nitrogen and oxygen atoms in total. The first kappa shape index (κ1) is 14.0. The highest BCUT2D eigenvalue weighted by atomic mass is 16.5. The van der Waals surface area contributed by atoms with Crippen molar-refractivity contribution in [2.75, 3.05) is 7.11 Å². The fraction of sp³-hybridized carbons (Fsp3) is 0.600. The molecule has 96 valence electrons. The minimum atomic E-state index is -0.0590. The molecule has 0 spiro atoms. The highest BCUT2D eigenvalue weighted by Crippen LogP contribution is 2.25. The largest absolute Gasteiger partial charge is 0.496 e. The molecule has 2 heteroatoms. The van der Waals surface area contributed by atoms with Gasteiger partial charge < -0.3 is 10.5 Å². The lowest BCUT2D eigenvalue weighted by Crippen LogP contribution is -2.31. The zero-order valence-corrected chi connectivity index (χ0v) is 11.8. The maximum Gasteiger partial charge on any atom is 0.124 e. The van der Waals surface area contributed by atoms with Gasteiger partial charge in [-0.05, 0) is 63.6 Å². The zero-order chi connectivity index (χ0) is 13.1. The molecule has 0 aromatic heterocycles. The van der Waals surface area contributed by atoms with Crippen LogP contribution in [0.1, 0.15) is 43.4 Å². The highest BCUT2D eigenvalue weighted by molar-refractivity contribution is 5.43. The quantitative estimate of drug-likeness (QED) is 0.849. The van der Waals surface area contributed by atoms with Gasteiger partial charge in [0.05, 0.1) is 7.11 Å². The average Bonchev–Trinajstić information content (AvgIpc) is 2.15. The standard InChI is InChI=1S/C15H25NO/c1-11-9-13(7-6-8-15(3,4)16)10-12(2)14(11)17-5/h9-10H,6-8,16H2,1-5H3. The number of hydrogen-bond donors (Lipinski definition) is 1. The van der Waals surface area contributed by atoms with Gasteiger partial charge in [0.25, 0.3) is 0 Å². The summed E-state index contributed by atoms with van der Waals surface area (Å²) in [4.78, 5) is 0. The van der Waals surface area contributed by atoms with Crippen molar-refractivity contribution in [1.29, 1.82) is 0 Å². The molecule has 0 saturated heterocycles. The normalized spacial score (nSPS) is 11.6. The maximum absolute atomic E-state index is 5.99. The molecule has 0 bridgehead atoms. The first-order valence-corrected chi connectivity index (χ1v) is 6.26. The molecule has 17 heavy (non-hydrogen) atoms. The van der Waals surface area contributed by atoms with Crippen LogP contribution in [0.3, 0.4) is 0 Å². The predicted molar refractivity (Wildman–Crippen MR) is 73.7 cm³/mol. The predicted octanol–water partition coefficient (Wildman–Crippen LogP) is 3.37. The molecule has 1 aromatic carbocycles. The molecular weight excluding hydrogens is 210 g/mol. The number of nitrogens with two attached hydrogens (primary N) is 1. The Morgan fingerprint density at radius 1 is 1.18 bits per heavy atom. The second-order valence-corrected chi connectivity index (χ2v) is 5.60. The van der Waals surface area contributed by atoms with Gasteiger partial charge in [-0.25, -0.2) is 0 Å². The summed E-state index contributed by atoms with van der Waals surface area (Å²) in [5.41, 5.74) is 9.74. The van der Waals surface area contributed by atoms with E-state index in [1.54, 1.807) is 7.11 Å². The van der Waals surface area contributed by atoms with Crippen LogP contribution in [0.2, 0.25) is 0 Å². The van der Waals surface area contributed by atoms with Gasteiger partial charge >= 0.3 is 0 Å². The maximum atomic E-state index is 5.99. The van der Waals surface area contributed by atoms with Gasteiger partial charge in [-0.2, -0.15) is 0 Å². The van der Waals surface area contributed by atoms with Crippen molar-refractivity contribution in [3.8, 4) is 5.75 Å². The van der Waals surface area contributed by atoms with E-state index in [4.69, 9.17) is 10.5 Å². The minimum absolute atomic E-state index is 0.0590. The first-order valence-electron chi connectivity index (χ1n) is 6.26. The summed E-state index contributed by atoms with van der Waals surface area (Å²) in [7, 11) is 1.73. The minimum Gasteiger partial charge on any atom is -0.496 e. The molecule has 2 N–H and O–H groups in total. The first-order chi connectivity index (χ1) is 7.83. The lowest BCUT2D eigenvalue weighted by molar-refractivity contribution is 0.408. The van der Waals surface area contributed by atoms with Crippen molar-refractivity contribution < 1.29 is 4.74 Å². The van der Waals surface area contributed by atoms with Crippen molar-refractivity contribution >= 4 is 0 Å². The zero-order valence-electron chi connectivity index (χ0n) is 11.8. The summed E-state index contributed by atoms with van der Waals surface area (Å²) in [6.07, 6.45) is 3.28. The Kier molecular flexibility index (Phi) is 4.58. The summed E-state index contributed by atoms with van der Waals surface area (Å²) >= 11 is 0. The average molecular weight is 235 g/mol. The Hall–Kier alpha value is -1.02. The van der Waals surface area contributed by atoms with Crippen LogP contribution in [0.15, 0.2) is 12.1 Å². The van der Waals surface area contributed by atoms with E-state index < -0.39 is 0 Å². The van der Waals surface area contributed by atoms with E-state index in [1.165, 1.54) is 16.7 Å². The van der Waals surface area contributed by atoms with E-state index in [9.17, 15) is 0 Å². The van der Waals surface area contributed by atoms with Crippen LogP contribution in [0.4, 0.5) is 0 Å². The Labute approximate surface area is 105 Å². The van der Waals surface area contributed by atoms with Gasteiger partial charge in [-0.3, -0.25) is 0 Å². The molecule has 1 aromatic rings. The van der Waals surface area contributed by atoms with Crippen LogP contribution < -0.4 is 10.5 Å². The third kappa shape index (κ3) is 4.39. The Morgan fingerprint density at radius 2 is 1.71 bits per heavy atom. The fourth-order valence-electron chi connectivity index (χ4n) is 2.25. The van der Waals surface area contributed by atoms with Crippen LogP contribution in [-0.2, 0) is 6.42 Å². The van der Waals surface area contributed by atoms with Crippen molar-refractivity contribution in [3.63, 3.8) is 0 Å². The SMILES string of the molecule is COc1c(C)cc(CCCC(C)(C)N)cc1C. The summed E-state index contributed by atoms with van der Waals surface area (Å²) in [6, 6.07) is 4.44. The van der Waals surface area contributed by atoms with Gasteiger partial charge in [0, 0.05) is 5.54 Å². The second kappa shape index (κ2) is 5.54. The molecule has 0 fully saturated rings. The number of aryl methyl sites for hydroxylation is 3. The smallest absolute Gasteiger partial charge is 0.124 e. The molecule has 0 aliphatic rings. The molecule has 0 heterocycles. The second-order valence-electron chi connectivity index (χ2n) is 5.60. The van der Waals surface area contributed by atoms with E-state index in [0.717, 1.165) is 25.0 Å². The number of methoxy groups -OCH3 is 1. The van der Waals surface area contributed by atoms with Crippen LogP contribution in [0.25, 0.3) is 0 Å². The number of ether oxygens (including phenoxy) is 1. The Morgan fingerprint density at radius 3 is 2.12 bits per heavy atom. The van der Waals surface area contributed by atoms with Crippen LogP contribution >= 0.6 is 0 Å². The van der Waals surface area contributed by atoms with Crippen molar-refractivity contribution in [1.82, 2.24) is 0 Å². The molecule has 0 saturated carbocycles. The Bertz CT molecular complexity index is 354. The summed E-state index contributed by atoms with van der Waals surface area (Å²) in [6.45, 7) is 8.36. The van der Waals surface area contributed by atoms with Crippen LogP contribution in [0.5, 0.6) is 5.75 Å². The number of benzene rings is 1. The van der Waals surface area contributed by atoms with Crippen molar-refractivity contribution in [2.24, 2.45) is 5.73 Å². The molecule has 0 aliphatic carbocycles. The molecule has 0 aliphatic heterocycles. The van der Waals surface area contributed by atoms with Crippen LogP contribution in [0, 0.1) is 13.8 Å². The third-order valence-electron chi connectivity index (χ3n) is 3.01. The molecule has 0 amide bonds. The van der Waals surface area contributed by atoms with Gasteiger partial charge in [0.1, 0.15) is 5.75 Å². The van der Waals surface area contributed by atoms with E-state index >= 15 is 0 Å². The van der Waals surface area contributed by atoms with E-state index in [0.29, 0.717) is 0 Å². The monoisotopic (exact) mass is 235 g/mol. The van der Waals surface area contributed by atoms with Crippen molar-refractivity contribution in [2.45, 2.75) is 52.5 Å². The topological polar surface area (TPSA) is 35.2 Å². The molecule has 0 radical (unpaired) electrons. The number of hydrogen-bond acceptors (Lipinski definition) is 2. The number of rotatable bonds is 5. The molecular formula is C15H25NO. The van der Waals surface area contributed by atoms with E-state index in [1.807, 2.05) is 0 Å². The lowest BCUT2D eigenvalue weighted by atomic mass is 9.95.